The molecule has 1 heterocycles. The third kappa shape index (κ3) is 3.24. The first-order chi connectivity index (χ1) is 6.43. The number of hydrogen-bond donors (Lipinski definition) is 0. The Kier molecular flexibility index (Phi) is 3.95. The summed E-state index contributed by atoms with van der Waals surface area (Å²) < 4.78 is 0. The minimum absolute atomic E-state index is 0.146. The van der Waals surface area contributed by atoms with Gasteiger partial charge in [-0.1, -0.05) is 15.9 Å². The quantitative estimate of drug-likeness (QED) is 0.716. The predicted octanol–water partition coefficient (Wildman–Crippen LogP) is 2.21. The van der Waals surface area contributed by atoms with Crippen LogP contribution in [-0.2, 0) is 9.63 Å². The number of rotatable bonds is 2. The summed E-state index contributed by atoms with van der Waals surface area (Å²) >= 11 is 3.44. The van der Waals surface area contributed by atoms with Gasteiger partial charge in [-0.25, -0.2) is 4.79 Å². The van der Waals surface area contributed by atoms with Gasteiger partial charge in [0.05, 0.1) is 5.41 Å². The third-order valence-corrected chi connectivity index (χ3v) is 3.21. The van der Waals surface area contributed by atoms with Gasteiger partial charge in [-0.15, -0.1) is 5.06 Å². The minimum Gasteiger partial charge on any atom is -0.367 e. The maximum absolute atomic E-state index is 11.5. The van der Waals surface area contributed by atoms with Gasteiger partial charge in [0.25, 0.3) is 0 Å². The van der Waals surface area contributed by atoms with Crippen molar-refractivity contribution in [2.24, 2.45) is 11.3 Å². The molecule has 0 spiro atoms. The summed E-state index contributed by atoms with van der Waals surface area (Å²) in [5, 5.41) is 2.76. The molecule has 1 atom stereocenters. The van der Waals surface area contributed by atoms with Crippen LogP contribution in [0.1, 0.15) is 27.2 Å². The molecule has 1 fully saturated rings. The summed E-state index contributed by atoms with van der Waals surface area (Å²) in [5.41, 5.74) is -0.410. The molecule has 14 heavy (non-hydrogen) atoms. The summed E-state index contributed by atoms with van der Waals surface area (Å²) in [5.74, 6) is 0.468. The van der Waals surface area contributed by atoms with Gasteiger partial charge in [-0.3, -0.25) is 0 Å². The molecule has 0 aromatic rings. The van der Waals surface area contributed by atoms with E-state index in [4.69, 9.17) is 4.84 Å². The molecule has 1 aliphatic heterocycles. The summed E-state index contributed by atoms with van der Waals surface area (Å²) in [6, 6.07) is 0. The normalized spacial score (nSPS) is 23.9. The largest absolute Gasteiger partial charge is 0.367 e. The lowest BCUT2D eigenvalue weighted by Crippen LogP contribution is -2.32. The Balaban J connectivity index is 2.36. The zero-order valence-electron chi connectivity index (χ0n) is 9.05. The van der Waals surface area contributed by atoms with Gasteiger partial charge in [0.2, 0.25) is 0 Å². The van der Waals surface area contributed by atoms with Crippen LogP contribution in [0.15, 0.2) is 0 Å². The van der Waals surface area contributed by atoms with Crippen molar-refractivity contribution >= 4 is 21.9 Å². The summed E-state index contributed by atoms with van der Waals surface area (Å²) in [6.45, 7) is 7.32. The van der Waals surface area contributed by atoms with E-state index in [2.05, 4.69) is 15.9 Å². The molecule has 1 saturated heterocycles. The smallest absolute Gasteiger partial charge is 0.330 e. The Labute approximate surface area is 93.9 Å². The van der Waals surface area contributed by atoms with Crippen molar-refractivity contribution in [3.8, 4) is 0 Å². The Morgan fingerprint density at radius 2 is 2.21 bits per heavy atom. The second kappa shape index (κ2) is 4.62. The zero-order chi connectivity index (χ0) is 10.8. The van der Waals surface area contributed by atoms with Gasteiger partial charge in [0.15, 0.2) is 0 Å². The molecule has 1 aliphatic rings. The van der Waals surface area contributed by atoms with Crippen LogP contribution >= 0.6 is 15.9 Å². The number of hydrogen-bond acceptors (Lipinski definition) is 3. The maximum atomic E-state index is 11.5. The third-order valence-electron chi connectivity index (χ3n) is 2.29. The fourth-order valence-electron chi connectivity index (χ4n) is 1.26. The van der Waals surface area contributed by atoms with Gasteiger partial charge >= 0.3 is 5.97 Å². The lowest BCUT2D eigenvalue weighted by Gasteiger charge is -2.21. The first-order valence-electron chi connectivity index (χ1n) is 4.97. The molecule has 0 amide bonds. The van der Waals surface area contributed by atoms with Crippen molar-refractivity contribution < 1.29 is 9.63 Å². The molecule has 0 saturated carbocycles. The molecule has 0 aromatic carbocycles. The fraction of sp³-hybridized carbons (Fsp3) is 0.900. The van der Waals surface area contributed by atoms with E-state index in [9.17, 15) is 4.79 Å². The van der Waals surface area contributed by atoms with Crippen LogP contribution in [0, 0.1) is 11.3 Å². The Morgan fingerprint density at radius 1 is 1.57 bits per heavy atom. The van der Waals surface area contributed by atoms with Crippen molar-refractivity contribution in [3.63, 3.8) is 0 Å². The lowest BCUT2D eigenvalue weighted by molar-refractivity contribution is -0.195. The van der Waals surface area contributed by atoms with Gasteiger partial charge in [-0.2, -0.15) is 0 Å². The molecular weight excluding hydrogens is 246 g/mol. The number of carbonyl (C=O) groups is 1. The molecule has 0 aromatic heterocycles. The Morgan fingerprint density at radius 3 is 2.64 bits per heavy atom. The fourth-order valence-corrected chi connectivity index (χ4v) is 1.79. The maximum Gasteiger partial charge on any atom is 0.330 e. The van der Waals surface area contributed by atoms with Gasteiger partial charge in [0, 0.05) is 18.4 Å². The molecule has 4 heteroatoms. The van der Waals surface area contributed by atoms with E-state index >= 15 is 0 Å². The van der Waals surface area contributed by atoms with Crippen LogP contribution in [0.5, 0.6) is 0 Å². The first-order valence-corrected chi connectivity index (χ1v) is 6.09. The topological polar surface area (TPSA) is 29.5 Å². The van der Waals surface area contributed by atoms with Crippen LogP contribution in [0.2, 0.25) is 0 Å². The molecule has 0 radical (unpaired) electrons. The minimum atomic E-state index is -0.410. The number of carbonyl (C=O) groups excluding carboxylic acids is 1. The standard InChI is InChI=1S/C10H18BrNO2/c1-10(2,3)9(13)14-12-5-4-8(6-11)7-12/h8H,4-7H2,1-3H3. The molecule has 0 bridgehead atoms. The SMILES string of the molecule is CC(C)(C)C(=O)ON1CCC(CBr)C1. The zero-order valence-corrected chi connectivity index (χ0v) is 10.6. The van der Waals surface area contributed by atoms with Crippen molar-refractivity contribution in [2.75, 3.05) is 18.4 Å². The number of nitrogens with zero attached hydrogens (tertiary/aromatic N) is 1. The Hall–Kier alpha value is -0.0900. The average molecular weight is 264 g/mol. The van der Waals surface area contributed by atoms with Gasteiger partial charge in [-0.05, 0) is 33.1 Å². The molecule has 0 N–H and O–H groups in total. The molecular formula is C10H18BrNO2. The van der Waals surface area contributed by atoms with Gasteiger partial charge < -0.3 is 4.84 Å². The van der Waals surface area contributed by atoms with Crippen LogP contribution in [-0.4, -0.2) is 29.5 Å². The summed E-state index contributed by atoms with van der Waals surface area (Å²) in [7, 11) is 0. The number of halogens is 1. The second-order valence-corrected chi connectivity index (χ2v) is 5.47. The first kappa shape index (κ1) is 12.0. The molecule has 82 valence electrons. The molecule has 1 unspecified atom stereocenters. The Bertz CT molecular complexity index is 213. The highest BCUT2D eigenvalue weighted by Gasteiger charge is 2.29. The highest BCUT2D eigenvalue weighted by atomic mass is 79.9. The van der Waals surface area contributed by atoms with Crippen molar-refractivity contribution in [2.45, 2.75) is 27.2 Å². The van der Waals surface area contributed by atoms with Crippen molar-refractivity contribution in [1.29, 1.82) is 0 Å². The van der Waals surface area contributed by atoms with Crippen LogP contribution in [0.25, 0.3) is 0 Å². The van der Waals surface area contributed by atoms with E-state index < -0.39 is 5.41 Å². The van der Waals surface area contributed by atoms with E-state index in [1.54, 1.807) is 5.06 Å². The van der Waals surface area contributed by atoms with Crippen LogP contribution in [0.4, 0.5) is 0 Å². The predicted molar refractivity (Wildman–Crippen MR) is 59.0 cm³/mol. The van der Waals surface area contributed by atoms with E-state index in [1.165, 1.54) is 0 Å². The number of alkyl halides is 1. The second-order valence-electron chi connectivity index (χ2n) is 4.83. The monoisotopic (exact) mass is 263 g/mol. The van der Waals surface area contributed by atoms with Gasteiger partial charge in [0.1, 0.15) is 0 Å². The highest BCUT2D eigenvalue weighted by Crippen LogP contribution is 2.21. The summed E-state index contributed by atoms with van der Waals surface area (Å²) in [6.07, 6.45) is 1.10. The van der Waals surface area contributed by atoms with E-state index in [0.29, 0.717) is 5.92 Å². The highest BCUT2D eigenvalue weighted by molar-refractivity contribution is 9.09. The van der Waals surface area contributed by atoms with E-state index in [-0.39, 0.29) is 5.97 Å². The van der Waals surface area contributed by atoms with Crippen molar-refractivity contribution in [1.82, 2.24) is 5.06 Å². The molecule has 0 aliphatic carbocycles. The lowest BCUT2D eigenvalue weighted by atomic mass is 9.98. The van der Waals surface area contributed by atoms with Crippen LogP contribution in [0.3, 0.4) is 0 Å². The summed E-state index contributed by atoms with van der Waals surface area (Å²) in [4.78, 5) is 16.8. The average Bonchev–Trinajstić information content (AvgIpc) is 2.50. The molecule has 1 rings (SSSR count). The van der Waals surface area contributed by atoms with E-state index in [0.717, 1.165) is 24.8 Å². The molecule has 3 nitrogen and oxygen atoms in total. The van der Waals surface area contributed by atoms with E-state index in [1.807, 2.05) is 20.8 Å². The van der Waals surface area contributed by atoms with Crippen LogP contribution < -0.4 is 0 Å². The number of hydroxylamine groups is 2. The van der Waals surface area contributed by atoms with Crippen molar-refractivity contribution in [3.05, 3.63) is 0 Å².